The fourth-order valence-electron chi connectivity index (χ4n) is 2.20. The highest BCUT2D eigenvalue weighted by atomic mass is 16.5. The van der Waals surface area contributed by atoms with E-state index in [-0.39, 0.29) is 17.9 Å². The third kappa shape index (κ3) is 3.17. The van der Waals surface area contributed by atoms with Crippen LogP contribution in [0.3, 0.4) is 0 Å². The lowest BCUT2D eigenvalue weighted by Crippen LogP contribution is -2.58. The Morgan fingerprint density at radius 1 is 1.53 bits per heavy atom. The molecule has 1 aliphatic heterocycles. The van der Waals surface area contributed by atoms with Crippen LogP contribution in [0.25, 0.3) is 0 Å². The van der Waals surface area contributed by atoms with Gasteiger partial charge in [0.15, 0.2) is 0 Å². The van der Waals surface area contributed by atoms with Crippen LogP contribution in [-0.2, 0) is 14.3 Å². The molecule has 0 aromatic rings. The first-order chi connectivity index (χ1) is 7.84. The fraction of sp³-hybridized carbons (Fsp3) is 0.818. The van der Waals surface area contributed by atoms with Crippen LogP contribution in [0, 0.1) is 5.92 Å². The summed E-state index contributed by atoms with van der Waals surface area (Å²) in [6.07, 6.45) is -0.336. The van der Waals surface area contributed by atoms with Gasteiger partial charge in [0, 0.05) is 20.5 Å². The summed E-state index contributed by atoms with van der Waals surface area (Å²) in [4.78, 5) is 26.2. The smallest absolute Gasteiger partial charge is 0.242 e. The van der Waals surface area contributed by atoms with Crippen molar-refractivity contribution in [3.05, 3.63) is 0 Å². The molecular weight excluding hydrogens is 222 g/mol. The summed E-state index contributed by atoms with van der Waals surface area (Å²) < 4.78 is 5.63. The van der Waals surface area contributed by atoms with Gasteiger partial charge in [-0.2, -0.15) is 0 Å². The Labute approximate surface area is 102 Å². The number of primary amides is 1. The van der Waals surface area contributed by atoms with Gasteiger partial charge in [-0.15, -0.1) is 0 Å². The molecule has 2 N–H and O–H groups in total. The molecule has 0 saturated carbocycles. The zero-order valence-corrected chi connectivity index (χ0v) is 10.8. The molecule has 98 valence electrons. The van der Waals surface area contributed by atoms with Crippen LogP contribution in [-0.4, -0.2) is 61.1 Å². The first kappa shape index (κ1) is 13.9. The van der Waals surface area contributed by atoms with Crippen molar-refractivity contribution in [3.8, 4) is 0 Å². The molecule has 0 aliphatic carbocycles. The van der Waals surface area contributed by atoms with E-state index in [4.69, 9.17) is 10.5 Å². The van der Waals surface area contributed by atoms with Gasteiger partial charge in [0.1, 0.15) is 6.04 Å². The SMILES string of the molecule is CC(=O)N(C)C(C(N)=O)[C@@H]1OCN(C)CC1C. The molecule has 0 radical (unpaired) electrons. The number of hydrogen-bond acceptors (Lipinski definition) is 4. The van der Waals surface area contributed by atoms with Crippen LogP contribution in [0.15, 0.2) is 0 Å². The number of rotatable bonds is 3. The molecule has 3 atom stereocenters. The first-order valence-corrected chi connectivity index (χ1v) is 5.67. The van der Waals surface area contributed by atoms with Crippen molar-refractivity contribution in [1.82, 2.24) is 9.80 Å². The molecule has 0 spiro atoms. The van der Waals surface area contributed by atoms with Crippen molar-refractivity contribution < 1.29 is 14.3 Å². The van der Waals surface area contributed by atoms with E-state index in [0.717, 1.165) is 6.54 Å². The van der Waals surface area contributed by atoms with E-state index < -0.39 is 11.9 Å². The highest BCUT2D eigenvalue weighted by Gasteiger charge is 2.38. The average Bonchev–Trinajstić information content (AvgIpc) is 2.20. The zero-order valence-electron chi connectivity index (χ0n) is 10.8. The largest absolute Gasteiger partial charge is 0.368 e. The third-order valence-corrected chi connectivity index (χ3v) is 3.16. The Bertz CT molecular complexity index is 308. The number of likely N-dealkylation sites (N-methyl/N-ethyl adjacent to an activating group) is 1. The third-order valence-electron chi connectivity index (χ3n) is 3.16. The van der Waals surface area contributed by atoms with Gasteiger partial charge >= 0.3 is 0 Å². The van der Waals surface area contributed by atoms with Gasteiger partial charge in [-0.3, -0.25) is 14.5 Å². The molecule has 1 saturated heterocycles. The molecule has 6 heteroatoms. The van der Waals surface area contributed by atoms with Gasteiger partial charge in [-0.1, -0.05) is 6.92 Å². The van der Waals surface area contributed by atoms with Crippen molar-refractivity contribution >= 4 is 11.8 Å². The van der Waals surface area contributed by atoms with Crippen molar-refractivity contribution in [2.45, 2.75) is 26.0 Å². The quantitative estimate of drug-likeness (QED) is 0.707. The van der Waals surface area contributed by atoms with Gasteiger partial charge in [-0.05, 0) is 13.0 Å². The summed E-state index contributed by atoms with van der Waals surface area (Å²) in [6, 6.07) is -0.698. The zero-order chi connectivity index (χ0) is 13.2. The van der Waals surface area contributed by atoms with Crippen molar-refractivity contribution in [3.63, 3.8) is 0 Å². The normalized spacial score (nSPS) is 27.5. The van der Waals surface area contributed by atoms with E-state index in [9.17, 15) is 9.59 Å². The maximum absolute atomic E-state index is 11.5. The van der Waals surface area contributed by atoms with Gasteiger partial charge < -0.3 is 15.4 Å². The molecule has 6 nitrogen and oxygen atoms in total. The molecule has 1 rings (SSSR count). The van der Waals surface area contributed by atoms with E-state index in [0.29, 0.717) is 6.73 Å². The predicted octanol–water partition coefficient (Wildman–Crippen LogP) is -0.757. The first-order valence-electron chi connectivity index (χ1n) is 5.67. The summed E-state index contributed by atoms with van der Waals surface area (Å²) in [5.74, 6) is -0.569. The summed E-state index contributed by atoms with van der Waals surface area (Å²) in [5.41, 5.74) is 5.38. The fourth-order valence-corrected chi connectivity index (χ4v) is 2.20. The molecule has 17 heavy (non-hydrogen) atoms. The Balaban J connectivity index is 2.84. The second-order valence-corrected chi connectivity index (χ2v) is 4.75. The highest BCUT2D eigenvalue weighted by molar-refractivity contribution is 5.86. The number of nitrogens with zero attached hydrogens (tertiary/aromatic N) is 2. The lowest BCUT2D eigenvalue weighted by Gasteiger charge is -2.40. The summed E-state index contributed by atoms with van der Waals surface area (Å²) >= 11 is 0. The number of amides is 2. The second-order valence-electron chi connectivity index (χ2n) is 4.75. The van der Waals surface area contributed by atoms with Gasteiger partial charge in [0.25, 0.3) is 0 Å². The number of carbonyl (C=O) groups excluding carboxylic acids is 2. The summed E-state index contributed by atoms with van der Waals surface area (Å²) in [5, 5.41) is 0. The van der Waals surface area contributed by atoms with Crippen molar-refractivity contribution in [2.24, 2.45) is 11.7 Å². The van der Waals surface area contributed by atoms with Crippen LogP contribution >= 0.6 is 0 Å². The van der Waals surface area contributed by atoms with Crippen molar-refractivity contribution in [2.75, 3.05) is 27.4 Å². The molecule has 2 unspecified atom stereocenters. The van der Waals surface area contributed by atoms with Crippen LogP contribution in [0.1, 0.15) is 13.8 Å². The number of ether oxygens (including phenoxy) is 1. The van der Waals surface area contributed by atoms with E-state index >= 15 is 0 Å². The van der Waals surface area contributed by atoms with Crippen LogP contribution in [0.2, 0.25) is 0 Å². The summed E-state index contributed by atoms with van der Waals surface area (Å²) in [7, 11) is 3.52. The Kier molecular flexibility index (Phi) is 4.47. The maximum Gasteiger partial charge on any atom is 0.242 e. The summed E-state index contributed by atoms with van der Waals surface area (Å²) in [6.45, 7) is 4.67. The Morgan fingerprint density at radius 3 is 2.53 bits per heavy atom. The van der Waals surface area contributed by atoms with E-state index in [2.05, 4.69) is 0 Å². The number of carbonyl (C=O) groups is 2. The van der Waals surface area contributed by atoms with E-state index in [1.54, 1.807) is 7.05 Å². The number of hydrogen-bond donors (Lipinski definition) is 1. The maximum atomic E-state index is 11.5. The van der Waals surface area contributed by atoms with Gasteiger partial charge in [-0.25, -0.2) is 0 Å². The highest BCUT2D eigenvalue weighted by Crippen LogP contribution is 2.21. The molecule has 1 aliphatic rings. The minimum absolute atomic E-state index is 0.146. The molecule has 1 fully saturated rings. The molecule has 0 bridgehead atoms. The molecule has 0 aromatic heterocycles. The van der Waals surface area contributed by atoms with Gasteiger partial charge in [0.2, 0.25) is 11.8 Å². The van der Waals surface area contributed by atoms with Crippen LogP contribution in [0.5, 0.6) is 0 Å². The van der Waals surface area contributed by atoms with E-state index in [1.165, 1.54) is 11.8 Å². The molecule has 0 aromatic carbocycles. The average molecular weight is 243 g/mol. The van der Waals surface area contributed by atoms with E-state index in [1.807, 2.05) is 18.9 Å². The topological polar surface area (TPSA) is 75.9 Å². The van der Waals surface area contributed by atoms with Crippen molar-refractivity contribution in [1.29, 1.82) is 0 Å². The minimum Gasteiger partial charge on any atom is -0.368 e. The molecular formula is C11H21N3O3. The second kappa shape index (κ2) is 5.46. The lowest BCUT2D eigenvalue weighted by molar-refractivity contribution is -0.155. The molecule has 1 heterocycles. The van der Waals surface area contributed by atoms with Crippen LogP contribution < -0.4 is 5.73 Å². The Hall–Kier alpha value is -1.14. The standard InChI is InChI=1S/C11H21N3O3/c1-7-5-13(3)6-17-10(7)9(11(12)16)14(4)8(2)15/h7,9-10H,5-6H2,1-4H3,(H2,12,16)/t7?,9?,10-/m1/s1. The monoisotopic (exact) mass is 243 g/mol. The van der Waals surface area contributed by atoms with Gasteiger partial charge in [0.05, 0.1) is 12.8 Å². The van der Waals surface area contributed by atoms with Crippen LogP contribution in [0.4, 0.5) is 0 Å². The number of nitrogens with two attached hydrogens (primary N) is 1. The minimum atomic E-state index is -0.698. The Morgan fingerprint density at radius 2 is 2.12 bits per heavy atom. The molecule has 2 amide bonds. The predicted molar refractivity (Wildman–Crippen MR) is 63.0 cm³/mol. The lowest BCUT2D eigenvalue weighted by atomic mass is 9.94.